The fraction of sp³-hybridized carbons (Fsp3) is 0.324. The van der Waals surface area contributed by atoms with Gasteiger partial charge in [-0.3, -0.25) is 33.6 Å². The molecule has 4 aromatic heterocycles. The standard InChI is InChI=1S/C34H32F2N8O3/c1-17(2)28-30(19(4)9-12-38-28)44-31-26(15-24(36)29(40-31)27-18(3)6-7-25-23(27)16-39-41-25)43(33(46)34(44)47)22-10-13-42(32(45)20(5)35)21(14-22)8-11-37/h6-7,9,12,15-17,21-22H,5,8,10,13-14H2,1-4H3,(H,39,41)/t21-,22?/m0/s1. The molecule has 0 spiro atoms. The van der Waals surface area contributed by atoms with Gasteiger partial charge in [0.25, 0.3) is 5.91 Å². The summed E-state index contributed by atoms with van der Waals surface area (Å²) in [6, 6.07) is 7.09. The first-order chi connectivity index (χ1) is 22.4. The van der Waals surface area contributed by atoms with Crippen LogP contribution in [0.5, 0.6) is 0 Å². The maximum absolute atomic E-state index is 16.4. The predicted octanol–water partition coefficient (Wildman–Crippen LogP) is 5.29. The minimum Gasteiger partial charge on any atom is -0.332 e. The zero-order valence-corrected chi connectivity index (χ0v) is 26.3. The van der Waals surface area contributed by atoms with Gasteiger partial charge in [0.1, 0.15) is 5.69 Å². The summed E-state index contributed by atoms with van der Waals surface area (Å²) in [6.45, 7) is 10.5. The molecule has 2 atom stereocenters. The number of fused-ring (bicyclic) bond motifs is 2. The first-order valence-electron chi connectivity index (χ1n) is 15.2. The Bertz CT molecular complexity index is 2260. The van der Waals surface area contributed by atoms with Crippen LogP contribution in [0.2, 0.25) is 0 Å². The van der Waals surface area contributed by atoms with Crippen LogP contribution < -0.4 is 11.1 Å². The number of benzene rings is 1. The molecule has 1 saturated heterocycles. The fourth-order valence-electron chi connectivity index (χ4n) is 6.67. The Balaban J connectivity index is 1.68. The van der Waals surface area contributed by atoms with Crippen LogP contribution in [0.4, 0.5) is 8.78 Å². The van der Waals surface area contributed by atoms with Gasteiger partial charge in [-0.25, -0.2) is 13.8 Å². The van der Waals surface area contributed by atoms with Gasteiger partial charge in [-0.05, 0) is 55.9 Å². The lowest BCUT2D eigenvalue weighted by Crippen LogP contribution is -2.50. The molecule has 1 N–H and O–H groups in total. The molecule has 6 rings (SSSR count). The molecule has 1 fully saturated rings. The number of nitriles is 1. The van der Waals surface area contributed by atoms with Gasteiger partial charge in [0.2, 0.25) is 0 Å². The van der Waals surface area contributed by atoms with E-state index in [1.54, 1.807) is 25.4 Å². The summed E-state index contributed by atoms with van der Waals surface area (Å²) in [5, 5.41) is 17.1. The molecule has 13 heteroatoms. The molecule has 1 aliphatic rings. The maximum atomic E-state index is 16.4. The highest BCUT2D eigenvalue weighted by Crippen LogP contribution is 2.36. The van der Waals surface area contributed by atoms with Crippen LogP contribution in [0, 0.1) is 31.0 Å². The number of carbonyl (C=O) groups excluding carboxylic acids is 1. The topological polar surface area (TPSA) is 143 Å². The third kappa shape index (κ3) is 5.19. The van der Waals surface area contributed by atoms with E-state index in [1.807, 2.05) is 39.0 Å². The molecular formula is C34H32F2N8O3. The molecule has 0 radical (unpaired) electrons. The average molecular weight is 639 g/mol. The van der Waals surface area contributed by atoms with Crippen LogP contribution in [0.25, 0.3) is 39.0 Å². The fourth-order valence-corrected chi connectivity index (χ4v) is 6.67. The number of aromatic nitrogens is 6. The summed E-state index contributed by atoms with van der Waals surface area (Å²) in [4.78, 5) is 51.5. The normalized spacial score (nSPS) is 16.6. The molecule has 1 aliphatic heterocycles. The number of hydrogen-bond acceptors (Lipinski definition) is 7. The lowest BCUT2D eigenvalue weighted by molar-refractivity contribution is -0.132. The number of amides is 1. The van der Waals surface area contributed by atoms with E-state index in [2.05, 4.69) is 21.8 Å². The van der Waals surface area contributed by atoms with Gasteiger partial charge in [-0.15, -0.1) is 0 Å². The number of pyridine rings is 2. The van der Waals surface area contributed by atoms with E-state index in [4.69, 9.17) is 4.98 Å². The number of carbonyl (C=O) groups is 1. The van der Waals surface area contributed by atoms with E-state index in [-0.39, 0.29) is 48.6 Å². The molecular weight excluding hydrogens is 606 g/mol. The number of aromatic amines is 1. The summed E-state index contributed by atoms with van der Waals surface area (Å²) in [5.74, 6) is -2.97. The number of halogens is 2. The number of hydrogen-bond donors (Lipinski definition) is 1. The van der Waals surface area contributed by atoms with Crippen molar-refractivity contribution in [3.05, 3.63) is 92.4 Å². The van der Waals surface area contributed by atoms with Crippen molar-refractivity contribution in [1.29, 1.82) is 5.26 Å². The Kier molecular flexibility index (Phi) is 8.05. The van der Waals surface area contributed by atoms with Gasteiger partial charge in [-0.2, -0.15) is 10.4 Å². The molecule has 5 heterocycles. The summed E-state index contributed by atoms with van der Waals surface area (Å²) < 4.78 is 32.7. The Hall–Kier alpha value is -5.51. The number of H-pyrrole nitrogens is 1. The second-order valence-corrected chi connectivity index (χ2v) is 12.2. The zero-order chi connectivity index (χ0) is 33.7. The monoisotopic (exact) mass is 638 g/mol. The van der Waals surface area contributed by atoms with E-state index in [9.17, 15) is 24.0 Å². The molecule has 11 nitrogen and oxygen atoms in total. The van der Waals surface area contributed by atoms with E-state index < -0.39 is 40.8 Å². The highest BCUT2D eigenvalue weighted by atomic mass is 19.1. The van der Waals surface area contributed by atoms with Crippen molar-refractivity contribution in [2.45, 2.75) is 65.0 Å². The highest BCUT2D eigenvalue weighted by molar-refractivity contribution is 5.96. The summed E-state index contributed by atoms with van der Waals surface area (Å²) in [6.07, 6.45) is 3.25. The average Bonchev–Trinajstić information content (AvgIpc) is 3.51. The van der Waals surface area contributed by atoms with Gasteiger partial charge >= 0.3 is 11.1 Å². The number of aryl methyl sites for hydroxylation is 2. The number of likely N-dealkylation sites (tertiary alicyclic amines) is 1. The number of nitrogens with zero attached hydrogens (tertiary/aromatic N) is 7. The molecule has 1 aromatic carbocycles. The van der Waals surface area contributed by atoms with Crippen LogP contribution in [0.3, 0.4) is 0 Å². The van der Waals surface area contributed by atoms with Crippen molar-refractivity contribution in [3.63, 3.8) is 0 Å². The molecule has 1 unspecified atom stereocenters. The van der Waals surface area contributed by atoms with Gasteiger partial charge in [0, 0.05) is 41.8 Å². The van der Waals surface area contributed by atoms with Crippen LogP contribution in [0.15, 0.2) is 58.7 Å². The number of piperidine rings is 1. The molecule has 47 heavy (non-hydrogen) atoms. The molecule has 0 saturated carbocycles. The Morgan fingerprint density at radius 3 is 2.66 bits per heavy atom. The summed E-state index contributed by atoms with van der Waals surface area (Å²) in [7, 11) is 0. The summed E-state index contributed by atoms with van der Waals surface area (Å²) in [5.41, 5.74) is 1.70. The van der Waals surface area contributed by atoms with Gasteiger partial charge in [-0.1, -0.05) is 26.5 Å². The van der Waals surface area contributed by atoms with Crippen LogP contribution >= 0.6 is 0 Å². The van der Waals surface area contributed by atoms with Crippen LogP contribution in [-0.4, -0.2) is 52.7 Å². The number of rotatable bonds is 6. The van der Waals surface area contributed by atoms with E-state index >= 15 is 4.39 Å². The second kappa shape index (κ2) is 12.0. The Labute approximate surface area is 267 Å². The largest absolute Gasteiger partial charge is 0.332 e. The van der Waals surface area contributed by atoms with Gasteiger partial charge < -0.3 is 4.90 Å². The third-order valence-electron chi connectivity index (χ3n) is 8.88. The van der Waals surface area contributed by atoms with Crippen LogP contribution in [-0.2, 0) is 4.79 Å². The van der Waals surface area contributed by atoms with Crippen molar-refractivity contribution < 1.29 is 13.6 Å². The molecule has 0 bridgehead atoms. The SMILES string of the molecule is C=C(F)C(=O)N1CCC(n2c(=O)c(=O)n(-c3c(C)ccnc3C(C)C)c3nc(-c4c(C)ccc5[nH]ncc45)c(F)cc32)C[C@@H]1CC#N. The molecule has 5 aromatic rings. The molecule has 0 aliphatic carbocycles. The maximum Gasteiger partial charge on any atom is 0.322 e. The van der Waals surface area contributed by atoms with Gasteiger partial charge in [0.15, 0.2) is 17.3 Å². The number of nitrogens with one attached hydrogen (secondary N) is 1. The van der Waals surface area contributed by atoms with Crippen molar-refractivity contribution >= 4 is 28.0 Å². The molecule has 240 valence electrons. The zero-order valence-electron chi connectivity index (χ0n) is 26.3. The smallest absolute Gasteiger partial charge is 0.322 e. The van der Waals surface area contributed by atoms with E-state index in [1.165, 1.54) is 20.1 Å². The first-order valence-corrected chi connectivity index (χ1v) is 15.2. The quantitative estimate of drug-likeness (QED) is 0.197. The van der Waals surface area contributed by atoms with Crippen molar-refractivity contribution in [2.24, 2.45) is 0 Å². The van der Waals surface area contributed by atoms with Crippen molar-refractivity contribution in [1.82, 2.24) is 34.2 Å². The lowest BCUT2D eigenvalue weighted by Gasteiger charge is -2.39. The highest BCUT2D eigenvalue weighted by Gasteiger charge is 2.36. The van der Waals surface area contributed by atoms with Crippen molar-refractivity contribution in [3.8, 4) is 23.0 Å². The lowest BCUT2D eigenvalue weighted by atomic mass is 9.94. The minimum atomic E-state index is -1.16. The second-order valence-electron chi connectivity index (χ2n) is 12.2. The first kappa shape index (κ1) is 31.5. The molecule has 1 amide bonds. The minimum absolute atomic E-state index is 0.00923. The Morgan fingerprint density at radius 2 is 1.96 bits per heavy atom. The van der Waals surface area contributed by atoms with E-state index in [0.717, 1.165) is 5.56 Å². The predicted molar refractivity (Wildman–Crippen MR) is 172 cm³/mol. The van der Waals surface area contributed by atoms with E-state index in [0.29, 0.717) is 33.4 Å². The third-order valence-corrected chi connectivity index (χ3v) is 8.88. The van der Waals surface area contributed by atoms with Gasteiger partial charge in [0.05, 0.1) is 41.1 Å². The van der Waals surface area contributed by atoms with Crippen molar-refractivity contribution in [2.75, 3.05) is 6.54 Å². The van der Waals surface area contributed by atoms with Crippen LogP contribution in [0.1, 0.15) is 61.9 Å². The summed E-state index contributed by atoms with van der Waals surface area (Å²) >= 11 is 0. The Morgan fingerprint density at radius 1 is 1.19 bits per heavy atom.